The Balaban J connectivity index is 2.11. The van der Waals surface area contributed by atoms with E-state index in [1.54, 1.807) is 4.68 Å². The first-order valence-electron chi connectivity index (χ1n) is 7.84. The van der Waals surface area contributed by atoms with Crippen LogP contribution in [0.4, 0.5) is 5.69 Å². The zero-order valence-electron chi connectivity index (χ0n) is 14.1. The van der Waals surface area contributed by atoms with Crippen molar-refractivity contribution in [2.45, 2.75) is 13.1 Å². The average Bonchev–Trinajstić information content (AvgIpc) is 3.00. The molecule has 0 aliphatic rings. The molecule has 24 heavy (non-hydrogen) atoms. The van der Waals surface area contributed by atoms with Gasteiger partial charge in [-0.05, 0) is 31.3 Å². The molecule has 0 aliphatic carbocycles. The Morgan fingerprint density at radius 1 is 1.00 bits per heavy atom. The number of aromatic nitrogens is 2. The van der Waals surface area contributed by atoms with Gasteiger partial charge in [-0.1, -0.05) is 42.5 Å². The Morgan fingerprint density at radius 2 is 1.71 bits per heavy atom. The van der Waals surface area contributed by atoms with Crippen molar-refractivity contribution in [3.05, 3.63) is 78.1 Å². The molecule has 121 valence electrons. The molecular formula is C19H20N3OSi. The van der Waals surface area contributed by atoms with E-state index in [9.17, 15) is 0 Å². The molecule has 4 nitrogen and oxygen atoms in total. The van der Waals surface area contributed by atoms with E-state index in [1.165, 1.54) is 0 Å². The van der Waals surface area contributed by atoms with Crippen LogP contribution in [0.1, 0.15) is 11.3 Å². The van der Waals surface area contributed by atoms with Crippen LogP contribution in [0.3, 0.4) is 0 Å². The topological polar surface area (TPSA) is 39.4 Å². The van der Waals surface area contributed by atoms with Gasteiger partial charge in [0.25, 0.3) is 9.04 Å². The van der Waals surface area contributed by atoms with Crippen LogP contribution in [0.5, 0.6) is 5.75 Å². The summed E-state index contributed by atoms with van der Waals surface area (Å²) in [7, 11) is 1.05. The van der Waals surface area contributed by atoms with Gasteiger partial charge in [0.2, 0.25) is 0 Å². The standard InChI is InChI=1S/C19H20N3OSi/c1-22-14-13-17(21-22)19(15-9-5-4-6-10-15)20-16-11-7-8-12-18(16)23-24(2)3/h4-14H,1-3H3. The SMILES string of the molecule is Cn1ccc(C(=Nc2ccccc2O[Si](C)C)c2ccccc2)n1. The third-order valence-corrected chi connectivity index (χ3v) is 4.04. The predicted molar refractivity (Wildman–Crippen MR) is 99.5 cm³/mol. The number of rotatable bonds is 5. The van der Waals surface area contributed by atoms with Gasteiger partial charge < -0.3 is 4.43 Å². The Hall–Kier alpha value is -2.66. The van der Waals surface area contributed by atoms with E-state index in [0.717, 1.165) is 28.4 Å². The lowest BCUT2D eigenvalue weighted by atomic mass is 10.1. The van der Waals surface area contributed by atoms with Crippen LogP contribution >= 0.6 is 0 Å². The van der Waals surface area contributed by atoms with Crippen LogP contribution in [0, 0.1) is 0 Å². The van der Waals surface area contributed by atoms with Gasteiger partial charge in [0.15, 0.2) is 0 Å². The Bertz CT molecular complexity index is 841. The predicted octanol–water partition coefficient (Wildman–Crippen LogP) is 4.22. The Morgan fingerprint density at radius 3 is 2.38 bits per heavy atom. The van der Waals surface area contributed by atoms with Crippen LogP contribution in [0.15, 0.2) is 71.9 Å². The molecule has 3 aromatic rings. The minimum absolute atomic E-state index is 0.820. The number of benzene rings is 2. The Labute approximate surface area is 144 Å². The molecular weight excluding hydrogens is 314 g/mol. The second-order valence-corrected chi connectivity index (χ2v) is 7.70. The van der Waals surface area contributed by atoms with E-state index < -0.39 is 9.04 Å². The molecule has 0 unspecified atom stereocenters. The maximum atomic E-state index is 5.99. The number of hydrogen-bond donors (Lipinski definition) is 0. The van der Waals surface area contributed by atoms with E-state index in [-0.39, 0.29) is 0 Å². The second-order valence-electron chi connectivity index (χ2n) is 5.68. The minimum atomic E-state index is -0.857. The molecule has 1 heterocycles. The molecule has 0 aliphatic heterocycles. The summed E-state index contributed by atoms with van der Waals surface area (Å²) in [6.07, 6.45) is 1.93. The van der Waals surface area contributed by atoms with Crippen molar-refractivity contribution >= 4 is 20.4 Å². The fraction of sp³-hybridized carbons (Fsp3) is 0.158. The molecule has 3 rings (SSSR count). The first kappa shape index (κ1) is 16.2. The van der Waals surface area contributed by atoms with Crippen LogP contribution in [-0.4, -0.2) is 24.5 Å². The third kappa shape index (κ3) is 3.81. The van der Waals surface area contributed by atoms with Gasteiger partial charge in [0.1, 0.15) is 17.1 Å². The van der Waals surface area contributed by atoms with Gasteiger partial charge >= 0.3 is 0 Å². The summed E-state index contributed by atoms with van der Waals surface area (Å²) in [6, 6.07) is 20.0. The van der Waals surface area contributed by atoms with Crippen molar-refractivity contribution in [1.82, 2.24) is 9.78 Å². The second kappa shape index (κ2) is 7.27. The lowest BCUT2D eigenvalue weighted by Crippen LogP contribution is -2.11. The monoisotopic (exact) mass is 334 g/mol. The summed E-state index contributed by atoms with van der Waals surface area (Å²) >= 11 is 0. The molecule has 0 atom stereocenters. The smallest absolute Gasteiger partial charge is 0.274 e. The highest BCUT2D eigenvalue weighted by atomic mass is 28.3. The zero-order valence-corrected chi connectivity index (χ0v) is 15.1. The molecule has 2 aromatic carbocycles. The largest absolute Gasteiger partial charge is 0.541 e. The molecule has 0 amide bonds. The molecule has 0 saturated heterocycles. The van der Waals surface area contributed by atoms with E-state index in [2.05, 4.69) is 18.2 Å². The number of aliphatic imine (C=N–C) groups is 1. The van der Waals surface area contributed by atoms with Crippen molar-refractivity contribution in [3.63, 3.8) is 0 Å². The molecule has 0 N–H and O–H groups in total. The van der Waals surface area contributed by atoms with Crippen LogP contribution in [0.2, 0.25) is 13.1 Å². The third-order valence-electron chi connectivity index (χ3n) is 3.42. The van der Waals surface area contributed by atoms with Crippen molar-refractivity contribution in [2.75, 3.05) is 0 Å². The van der Waals surface area contributed by atoms with Gasteiger partial charge in [-0.15, -0.1) is 0 Å². The van der Waals surface area contributed by atoms with Crippen molar-refractivity contribution in [3.8, 4) is 5.75 Å². The summed E-state index contributed by atoms with van der Waals surface area (Å²) in [5.41, 5.74) is 3.54. The fourth-order valence-electron chi connectivity index (χ4n) is 2.38. The summed E-state index contributed by atoms with van der Waals surface area (Å²) in [5.74, 6) is 0.820. The molecule has 0 fully saturated rings. The maximum Gasteiger partial charge on any atom is 0.274 e. The highest BCUT2D eigenvalue weighted by Crippen LogP contribution is 2.29. The average molecular weight is 334 g/mol. The maximum absolute atomic E-state index is 5.99. The molecule has 5 heteroatoms. The summed E-state index contributed by atoms with van der Waals surface area (Å²) in [6.45, 7) is 4.23. The van der Waals surface area contributed by atoms with Gasteiger partial charge in [-0.2, -0.15) is 5.10 Å². The van der Waals surface area contributed by atoms with Crippen LogP contribution in [0.25, 0.3) is 0 Å². The molecule has 0 saturated carbocycles. The number of para-hydroxylation sites is 2. The lowest BCUT2D eigenvalue weighted by molar-refractivity contribution is 0.582. The van der Waals surface area contributed by atoms with Gasteiger partial charge in [0.05, 0.1) is 5.71 Å². The summed E-state index contributed by atoms with van der Waals surface area (Å²) in [4.78, 5) is 4.90. The van der Waals surface area contributed by atoms with E-state index in [4.69, 9.17) is 9.42 Å². The lowest BCUT2D eigenvalue weighted by Gasteiger charge is -2.12. The van der Waals surface area contributed by atoms with Gasteiger partial charge in [-0.3, -0.25) is 4.68 Å². The van der Waals surface area contributed by atoms with E-state index in [0.29, 0.717) is 0 Å². The molecule has 0 spiro atoms. The Kier molecular flexibility index (Phi) is 4.91. The van der Waals surface area contributed by atoms with E-state index in [1.807, 2.05) is 73.9 Å². The van der Waals surface area contributed by atoms with Crippen molar-refractivity contribution < 1.29 is 4.43 Å². The summed E-state index contributed by atoms with van der Waals surface area (Å²) < 4.78 is 7.78. The highest BCUT2D eigenvalue weighted by Gasteiger charge is 2.12. The first-order valence-corrected chi connectivity index (χ1v) is 10.3. The molecule has 0 bridgehead atoms. The molecule has 1 aromatic heterocycles. The quantitative estimate of drug-likeness (QED) is 0.518. The zero-order chi connectivity index (χ0) is 16.9. The van der Waals surface area contributed by atoms with Crippen molar-refractivity contribution in [1.29, 1.82) is 0 Å². The number of nitrogens with zero attached hydrogens (tertiary/aromatic N) is 3. The molecule has 1 radical (unpaired) electrons. The van der Waals surface area contributed by atoms with Crippen LogP contribution in [-0.2, 0) is 7.05 Å². The van der Waals surface area contributed by atoms with Crippen molar-refractivity contribution in [2.24, 2.45) is 12.0 Å². The minimum Gasteiger partial charge on any atom is -0.541 e. The van der Waals surface area contributed by atoms with Gasteiger partial charge in [-0.25, -0.2) is 4.99 Å². The van der Waals surface area contributed by atoms with Crippen LogP contribution < -0.4 is 4.43 Å². The fourth-order valence-corrected chi connectivity index (χ4v) is 3.00. The number of hydrogen-bond acceptors (Lipinski definition) is 3. The summed E-state index contributed by atoms with van der Waals surface area (Å²) in [5, 5.41) is 4.53. The number of aryl methyl sites for hydroxylation is 1. The highest BCUT2D eigenvalue weighted by molar-refractivity contribution is 6.49. The first-order chi connectivity index (χ1) is 11.6. The van der Waals surface area contributed by atoms with Gasteiger partial charge in [0, 0.05) is 18.8 Å². The van der Waals surface area contributed by atoms with E-state index >= 15 is 0 Å². The normalized spacial score (nSPS) is 11.8.